The van der Waals surface area contributed by atoms with Crippen LogP contribution in [0.2, 0.25) is 0 Å². The van der Waals surface area contributed by atoms with Crippen molar-refractivity contribution in [1.29, 1.82) is 0 Å². The van der Waals surface area contributed by atoms with E-state index in [9.17, 15) is 19.2 Å². The van der Waals surface area contributed by atoms with Gasteiger partial charge in [-0.25, -0.2) is 14.4 Å². The minimum Gasteiger partial charge on any atom is -0.444 e. The Kier molecular flexibility index (Phi) is 13.8. The molecule has 0 bridgehead atoms. The Labute approximate surface area is 274 Å². The molecule has 0 aliphatic carbocycles. The Balaban J connectivity index is 2.39. The molecular weight excluding hydrogens is 600 g/mol. The molecule has 0 aromatic heterocycles. The highest BCUT2D eigenvalue weighted by atomic mass is 35.5. The number of hydrogen-bond donors (Lipinski definition) is 0. The van der Waals surface area contributed by atoms with Gasteiger partial charge in [-0.2, -0.15) is 0 Å². The van der Waals surface area contributed by atoms with Gasteiger partial charge in [0, 0.05) is 63.8 Å². The fourth-order valence-corrected chi connectivity index (χ4v) is 4.66. The summed E-state index contributed by atoms with van der Waals surface area (Å²) >= 11 is 5.94. The van der Waals surface area contributed by atoms with E-state index in [4.69, 9.17) is 25.8 Å². The minimum atomic E-state index is -0.705. The van der Waals surface area contributed by atoms with Crippen molar-refractivity contribution in [3.63, 3.8) is 0 Å². The van der Waals surface area contributed by atoms with Crippen molar-refractivity contribution in [2.24, 2.45) is 0 Å². The number of benzene rings is 1. The maximum Gasteiger partial charge on any atom is 0.410 e. The van der Waals surface area contributed by atoms with E-state index in [1.807, 2.05) is 12.1 Å². The van der Waals surface area contributed by atoms with Crippen LogP contribution in [0.5, 0.6) is 0 Å². The zero-order valence-corrected chi connectivity index (χ0v) is 29.4. The number of carbonyl (C=O) groups excluding carboxylic acids is 4. The topological polar surface area (TPSA) is 109 Å². The molecule has 1 aliphatic rings. The highest BCUT2D eigenvalue weighted by Gasteiger charge is 2.29. The summed E-state index contributed by atoms with van der Waals surface area (Å²) in [6.45, 7) is 18.3. The third-order valence-corrected chi connectivity index (χ3v) is 6.90. The second-order valence-electron chi connectivity index (χ2n) is 14.2. The SMILES string of the molecule is CC(C)(C)OC(=O)N1CCCN(C(=O)OC(C)(C)C)CCN(C(=O)c2ccc(CCl)cc2)CCCN(C(=O)OC(C)(C)C)CC1. The summed E-state index contributed by atoms with van der Waals surface area (Å²) in [4.78, 5) is 59.7. The van der Waals surface area contributed by atoms with E-state index in [-0.39, 0.29) is 45.2 Å². The van der Waals surface area contributed by atoms with Gasteiger partial charge in [-0.3, -0.25) is 4.79 Å². The predicted octanol–water partition coefficient (Wildman–Crippen LogP) is 6.37. The first-order chi connectivity index (χ1) is 20.8. The van der Waals surface area contributed by atoms with Gasteiger partial charge in [0.1, 0.15) is 16.8 Å². The average molecular weight is 653 g/mol. The monoisotopic (exact) mass is 652 g/mol. The van der Waals surface area contributed by atoms with E-state index in [1.54, 1.807) is 94.0 Å². The number of carbonyl (C=O) groups is 4. The molecule has 45 heavy (non-hydrogen) atoms. The van der Waals surface area contributed by atoms with Crippen LogP contribution >= 0.6 is 11.6 Å². The van der Waals surface area contributed by atoms with Gasteiger partial charge < -0.3 is 33.8 Å². The van der Waals surface area contributed by atoms with Gasteiger partial charge in [0.25, 0.3) is 5.91 Å². The molecule has 1 aromatic rings. The molecule has 1 aliphatic heterocycles. The molecule has 12 heteroatoms. The van der Waals surface area contributed by atoms with Crippen molar-refractivity contribution in [1.82, 2.24) is 19.6 Å². The summed E-state index contributed by atoms with van der Waals surface area (Å²) in [6.07, 6.45) is -0.611. The van der Waals surface area contributed by atoms with Crippen LogP contribution in [-0.4, -0.2) is 113 Å². The Hall–Kier alpha value is -3.21. The third kappa shape index (κ3) is 14.2. The number of rotatable bonds is 2. The van der Waals surface area contributed by atoms with E-state index < -0.39 is 35.1 Å². The Morgan fingerprint density at radius 3 is 1.18 bits per heavy atom. The Bertz CT molecular complexity index is 1140. The third-order valence-electron chi connectivity index (χ3n) is 6.59. The van der Waals surface area contributed by atoms with Gasteiger partial charge in [-0.05, 0) is 92.9 Å². The summed E-state index contributed by atoms with van der Waals surface area (Å²) in [7, 11) is 0. The molecule has 0 spiro atoms. The largest absolute Gasteiger partial charge is 0.444 e. The van der Waals surface area contributed by atoms with Crippen molar-refractivity contribution in [2.75, 3.05) is 52.4 Å². The lowest BCUT2D eigenvalue weighted by molar-refractivity contribution is 0.0102. The fourth-order valence-electron chi connectivity index (χ4n) is 4.48. The van der Waals surface area contributed by atoms with E-state index in [0.717, 1.165) is 5.56 Å². The number of hydrogen-bond acceptors (Lipinski definition) is 7. The molecule has 1 fully saturated rings. The van der Waals surface area contributed by atoms with Crippen LogP contribution in [0, 0.1) is 0 Å². The molecule has 1 saturated heterocycles. The van der Waals surface area contributed by atoms with Crippen molar-refractivity contribution in [3.05, 3.63) is 35.4 Å². The standard InChI is InChI=1S/C33H53ClN4O7/c1-31(2,3)43-28(40)36-18-11-19-38(30(42)45-33(7,8)9)23-22-37(29(41)44-32(4,5)6)17-10-16-35(20-21-36)27(39)26-14-12-25(24-34)13-15-26/h12-15H,10-11,16-24H2,1-9H3. The van der Waals surface area contributed by atoms with Crippen molar-refractivity contribution in [3.8, 4) is 0 Å². The number of nitrogens with zero attached hydrogens (tertiary/aromatic N) is 4. The Morgan fingerprint density at radius 1 is 0.556 bits per heavy atom. The normalized spacial score (nSPS) is 16.5. The van der Waals surface area contributed by atoms with E-state index in [2.05, 4.69) is 0 Å². The van der Waals surface area contributed by atoms with Gasteiger partial charge in [-0.1, -0.05) is 12.1 Å². The maximum absolute atomic E-state index is 13.7. The van der Waals surface area contributed by atoms with Gasteiger partial charge in [0.15, 0.2) is 0 Å². The first-order valence-corrected chi connectivity index (χ1v) is 16.2. The smallest absolute Gasteiger partial charge is 0.410 e. The number of halogens is 1. The minimum absolute atomic E-state index is 0.188. The van der Waals surface area contributed by atoms with Crippen LogP contribution in [0.25, 0.3) is 0 Å². The fraction of sp³-hybridized carbons (Fsp3) is 0.697. The second-order valence-corrected chi connectivity index (χ2v) is 14.5. The highest BCUT2D eigenvalue weighted by molar-refractivity contribution is 6.17. The summed E-state index contributed by atoms with van der Waals surface area (Å²) in [5.74, 6) is 0.154. The molecule has 1 heterocycles. The second kappa shape index (κ2) is 16.4. The van der Waals surface area contributed by atoms with Crippen LogP contribution in [0.3, 0.4) is 0 Å². The Morgan fingerprint density at radius 2 is 0.867 bits per heavy atom. The van der Waals surface area contributed by atoms with Gasteiger partial charge in [0.05, 0.1) is 0 Å². The van der Waals surface area contributed by atoms with Crippen LogP contribution in [0.15, 0.2) is 24.3 Å². The molecule has 254 valence electrons. The molecule has 0 saturated carbocycles. The van der Waals surface area contributed by atoms with Gasteiger partial charge in [0.2, 0.25) is 0 Å². The predicted molar refractivity (Wildman–Crippen MR) is 175 cm³/mol. The molecule has 4 amide bonds. The summed E-state index contributed by atoms with van der Waals surface area (Å²) in [5.41, 5.74) is -0.707. The zero-order valence-electron chi connectivity index (χ0n) is 28.6. The highest BCUT2D eigenvalue weighted by Crippen LogP contribution is 2.16. The van der Waals surface area contributed by atoms with Crippen LogP contribution in [0.1, 0.15) is 91.1 Å². The van der Waals surface area contributed by atoms with Crippen LogP contribution in [0.4, 0.5) is 14.4 Å². The number of alkyl halides is 1. The van der Waals surface area contributed by atoms with Crippen molar-refractivity contribution >= 4 is 35.8 Å². The number of ether oxygens (including phenoxy) is 3. The van der Waals surface area contributed by atoms with Gasteiger partial charge in [-0.15, -0.1) is 11.6 Å². The first-order valence-electron chi connectivity index (χ1n) is 15.7. The lowest BCUT2D eigenvalue weighted by Gasteiger charge is -2.34. The van der Waals surface area contributed by atoms with E-state index in [1.165, 1.54) is 0 Å². The summed E-state index contributed by atoms with van der Waals surface area (Å²) in [6, 6.07) is 7.13. The van der Waals surface area contributed by atoms with E-state index >= 15 is 0 Å². The molecule has 0 radical (unpaired) electrons. The molecular formula is C33H53ClN4O7. The molecule has 0 N–H and O–H groups in total. The summed E-state index contributed by atoms with van der Waals surface area (Å²) < 4.78 is 17.0. The quantitative estimate of drug-likeness (QED) is 0.270. The van der Waals surface area contributed by atoms with Crippen molar-refractivity contribution in [2.45, 2.75) is 97.8 Å². The number of amides is 4. The molecule has 2 rings (SSSR count). The van der Waals surface area contributed by atoms with Crippen LogP contribution < -0.4 is 0 Å². The molecule has 1 aromatic carbocycles. The summed E-state index contributed by atoms with van der Waals surface area (Å²) in [5, 5.41) is 0. The van der Waals surface area contributed by atoms with Gasteiger partial charge >= 0.3 is 18.3 Å². The van der Waals surface area contributed by atoms with E-state index in [0.29, 0.717) is 37.4 Å². The molecule has 0 unspecified atom stereocenters. The van der Waals surface area contributed by atoms with Crippen molar-refractivity contribution < 1.29 is 33.4 Å². The zero-order chi connectivity index (χ0) is 34.0. The maximum atomic E-state index is 13.7. The lowest BCUT2D eigenvalue weighted by atomic mass is 10.1. The first kappa shape index (κ1) is 38.0. The lowest BCUT2D eigenvalue weighted by Crippen LogP contribution is -2.48. The molecule has 11 nitrogen and oxygen atoms in total. The van der Waals surface area contributed by atoms with Crippen LogP contribution in [-0.2, 0) is 20.1 Å². The molecule has 0 atom stereocenters. The average Bonchev–Trinajstić information content (AvgIpc) is 2.90.